The van der Waals surface area contributed by atoms with E-state index in [4.69, 9.17) is 14.5 Å². The van der Waals surface area contributed by atoms with E-state index in [1.807, 2.05) is 12.1 Å². The van der Waals surface area contributed by atoms with Crippen molar-refractivity contribution >= 4 is 57.2 Å². The van der Waals surface area contributed by atoms with Gasteiger partial charge in [0.15, 0.2) is 4.96 Å². The van der Waals surface area contributed by atoms with E-state index in [-0.39, 0.29) is 30.7 Å². The maximum absolute atomic E-state index is 13.4. The molecule has 0 radical (unpaired) electrons. The molecular weight excluding hydrogens is 612 g/mol. The molecule has 1 unspecified atom stereocenters. The molecule has 2 N–H and O–H groups in total. The third kappa shape index (κ3) is 7.79. The number of amides is 1. The quantitative estimate of drug-likeness (QED) is 0.192. The average Bonchev–Trinajstić information content (AvgIpc) is 3.74. The number of thiazole rings is 1. The number of nitrogens with one attached hydrogen (secondary N) is 2. The fourth-order valence-electron chi connectivity index (χ4n) is 5.78. The molecule has 1 atom stereocenters. The first-order valence-electron chi connectivity index (χ1n) is 14.6. The second-order valence-corrected chi connectivity index (χ2v) is 11.9. The minimum atomic E-state index is -0.672. The number of aromatic nitrogens is 2. The SMILES string of the molecule is COCCOc1cc2c(cc1C(=O)NCCCN1CCC(F)CC1)sc1nc(-c3ccc(C4CCCN4)cc3)cn12.Cl.Cl. The summed E-state index contributed by atoms with van der Waals surface area (Å²) in [5.74, 6) is 0.366. The van der Waals surface area contributed by atoms with Crippen LogP contribution in [0.1, 0.15) is 54.1 Å². The summed E-state index contributed by atoms with van der Waals surface area (Å²) in [6.45, 7) is 4.83. The molecule has 2 fully saturated rings. The second-order valence-electron chi connectivity index (χ2n) is 10.9. The molecule has 2 aromatic carbocycles. The Labute approximate surface area is 268 Å². The summed E-state index contributed by atoms with van der Waals surface area (Å²) < 4.78 is 27.6. The van der Waals surface area contributed by atoms with Crippen LogP contribution in [0.25, 0.3) is 26.4 Å². The van der Waals surface area contributed by atoms with Crippen LogP contribution in [0.4, 0.5) is 4.39 Å². The Morgan fingerprint density at radius 1 is 1.14 bits per heavy atom. The van der Waals surface area contributed by atoms with Crippen molar-refractivity contribution in [1.29, 1.82) is 0 Å². The third-order valence-electron chi connectivity index (χ3n) is 8.11. The molecule has 2 aliphatic heterocycles. The Morgan fingerprint density at radius 3 is 2.65 bits per heavy atom. The predicted octanol–water partition coefficient (Wildman–Crippen LogP) is 6.06. The first kappa shape index (κ1) is 33.4. The zero-order valence-corrected chi connectivity index (χ0v) is 26.8. The number of likely N-dealkylation sites (tertiary alicyclic amines) is 1. The summed E-state index contributed by atoms with van der Waals surface area (Å²) in [7, 11) is 1.63. The van der Waals surface area contributed by atoms with E-state index in [2.05, 4.69) is 50.4 Å². The van der Waals surface area contributed by atoms with Gasteiger partial charge in [-0.05, 0) is 56.8 Å². The van der Waals surface area contributed by atoms with Gasteiger partial charge in [0.25, 0.3) is 5.91 Å². The van der Waals surface area contributed by atoms with Gasteiger partial charge >= 0.3 is 0 Å². The zero-order chi connectivity index (χ0) is 28.2. The highest BCUT2D eigenvalue weighted by Crippen LogP contribution is 2.34. The number of carbonyl (C=O) groups excluding carboxylic acids is 1. The molecule has 6 rings (SSSR count). The minimum Gasteiger partial charge on any atom is -0.490 e. The van der Waals surface area contributed by atoms with Crippen LogP contribution in [0.2, 0.25) is 0 Å². The number of alkyl halides is 1. The third-order valence-corrected chi connectivity index (χ3v) is 9.13. The summed E-state index contributed by atoms with van der Waals surface area (Å²) in [6, 6.07) is 13.0. The molecule has 43 heavy (non-hydrogen) atoms. The number of hydrogen-bond donors (Lipinski definition) is 2. The van der Waals surface area contributed by atoms with Crippen LogP contribution < -0.4 is 15.4 Å². The number of rotatable bonds is 11. The van der Waals surface area contributed by atoms with E-state index in [1.54, 1.807) is 18.4 Å². The van der Waals surface area contributed by atoms with Crippen molar-refractivity contribution in [2.45, 2.75) is 44.3 Å². The van der Waals surface area contributed by atoms with E-state index in [0.29, 0.717) is 50.0 Å². The van der Waals surface area contributed by atoms with Crippen molar-refractivity contribution in [3.05, 3.63) is 53.7 Å². The highest BCUT2D eigenvalue weighted by molar-refractivity contribution is 7.23. The molecule has 12 heteroatoms. The molecule has 0 aliphatic carbocycles. The van der Waals surface area contributed by atoms with Crippen molar-refractivity contribution in [2.75, 3.05) is 53.0 Å². The zero-order valence-electron chi connectivity index (χ0n) is 24.4. The second kappa shape index (κ2) is 15.5. The topological polar surface area (TPSA) is 80.1 Å². The predicted molar refractivity (Wildman–Crippen MR) is 175 cm³/mol. The molecule has 4 aromatic rings. The van der Waals surface area contributed by atoms with Crippen LogP contribution in [0.15, 0.2) is 42.6 Å². The Hall–Kier alpha value is -2.47. The number of piperidine rings is 1. The lowest BCUT2D eigenvalue weighted by atomic mass is 10.0. The number of halogens is 3. The summed E-state index contributed by atoms with van der Waals surface area (Å²) >= 11 is 1.56. The average molecular weight is 653 g/mol. The Morgan fingerprint density at radius 2 is 1.93 bits per heavy atom. The molecule has 1 amide bonds. The molecule has 0 saturated carbocycles. The largest absolute Gasteiger partial charge is 0.490 e. The maximum Gasteiger partial charge on any atom is 0.255 e. The highest BCUT2D eigenvalue weighted by Gasteiger charge is 2.21. The number of imidazole rings is 1. The van der Waals surface area contributed by atoms with Crippen molar-refractivity contribution < 1.29 is 18.7 Å². The Bertz CT molecular complexity index is 1480. The molecule has 2 aromatic heterocycles. The van der Waals surface area contributed by atoms with Gasteiger partial charge in [0.2, 0.25) is 0 Å². The van der Waals surface area contributed by atoms with Gasteiger partial charge in [-0.2, -0.15) is 0 Å². The Balaban J connectivity index is 0.00000212. The van der Waals surface area contributed by atoms with E-state index < -0.39 is 6.17 Å². The van der Waals surface area contributed by atoms with Gasteiger partial charge in [0.05, 0.1) is 28.1 Å². The Kier molecular flexibility index (Phi) is 12.0. The van der Waals surface area contributed by atoms with E-state index in [0.717, 1.165) is 59.0 Å². The van der Waals surface area contributed by atoms with Crippen molar-refractivity contribution in [2.24, 2.45) is 0 Å². The van der Waals surface area contributed by atoms with Gasteiger partial charge in [-0.1, -0.05) is 35.6 Å². The fourth-order valence-corrected chi connectivity index (χ4v) is 6.81. The summed E-state index contributed by atoms with van der Waals surface area (Å²) in [5.41, 5.74) is 4.78. The minimum absolute atomic E-state index is 0. The molecule has 2 aliphatic rings. The number of ether oxygens (including phenoxy) is 2. The molecule has 2 saturated heterocycles. The monoisotopic (exact) mass is 651 g/mol. The van der Waals surface area contributed by atoms with Gasteiger partial charge in [0.1, 0.15) is 18.5 Å². The molecule has 4 heterocycles. The summed E-state index contributed by atoms with van der Waals surface area (Å²) in [5, 5.41) is 6.61. The lowest BCUT2D eigenvalue weighted by Gasteiger charge is -2.28. The van der Waals surface area contributed by atoms with Crippen LogP contribution in [0.5, 0.6) is 5.75 Å². The summed E-state index contributed by atoms with van der Waals surface area (Å²) in [4.78, 5) is 21.3. The maximum atomic E-state index is 13.4. The number of carbonyl (C=O) groups is 1. The van der Waals surface area contributed by atoms with E-state index in [1.165, 1.54) is 18.4 Å². The van der Waals surface area contributed by atoms with Gasteiger partial charge in [-0.3, -0.25) is 9.20 Å². The van der Waals surface area contributed by atoms with Crippen molar-refractivity contribution in [1.82, 2.24) is 24.9 Å². The van der Waals surface area contributed by atoms with Crippen LogP contribution in [0, 0.1) is 0 Å². The number of benzene rings is 2. The van der Waals surface area contributed by atoms with Gasteiger partial charge < -0.3 is 25.0 Å². The van der Waals surface area contributed by atoms with E-state index in [9.17, 15) is 9.18 Å². The lowest BCUT2D eigenvalue weighted by Crippen LogP contribution is -2.36. The number of methoxy groups -OCH3 is 1. The van der Waals surface area contributed by atoms with Gasteiger partial charge in [-0.15, -0.1) is 24.8 Å². The van der Waals surface area contributed by atoms with E-state index >= 15 is 0 Å². The highest BCUT2D eigenvalue weighted by atomic mass is 35.5. The molecular formula is C31H40Cl2FN5O3S. The fraction of sp³-hybridized carbons (Fsp3) is 0.484. The molecule has 0 spiro atoms. The normalized spacial score (nSPS) is 17.6. The number of hydrogen-bond acceptors (Lipinski definition) is 7. The van der Waals surface area contributed by atoms with Crippen molar-refractivity contribution in [3.63, 3.8) is 0 Å². The standard InChI is InChI=1S/C31H38FN5O3S.2ClH/c1-39-16-17-40-28-19-27-29(18-24(28)30(38)34-12-3-13-36-14-9-23(32)10-15-36)41-31-35-26(20-37(27)31)22-7-5-21(6-8-22)25-4-2-11-33-25;;/h5-8,18-20,23,25,33H,2-4,9-17H2,1H3,(H,34,38);2*1H. The number of fused-ring (bicyclic) bond motifs is 3. The summed E-state index contributed by atoms with van der Waals surface area (Å²) in [6.07, 6.45) is 5.81. The molecule has 234 valence electrons. The first-order chi connectivity index (χ1) is 20.1. The van der Waals surface area contributed by atoms with Crippen molar-refractivity contribution in [3.8, 4) is 17.0 Å². The molecule has 8 nitrogen and oxygen atoms in total. The lowest BCUT2D eigenvalue weighted by molar-refractivity contribution is 0.0942. The van der Waals surface area contributed by atoms with Crippen LogP contribution >= 0.6 is 36.2 Å². The van der Waals surface area contributed by atoms with Gasteiger partial charge in [-0.25, -0.2) is 9.37 Å². The van der Waals surface area contributed by atoms with Gasteiger partial charge in [0, 0.05) is 50.6 Å². The van der Waals surface area contributed by atoms with Crippen LogP contribution in [-0.2, 0) is 4.74 Å². The molecule has 0 bridgehead atoms. The van der Waals surface area contributed by atoms with Crippen LogP contribution in [-0.4, -0.2) is 79.4 Å². The smallest absolute Gasteiger partial charge is 0.255 e. The first-order valence-corrected chi connectivity index (χ1v) is 15.5. The number of nitrogens with zero attached hydrogens (tertiary/aromatic N) is 3. The van der Waals surface area contributed by atoms with Crippen LogP contribution in [0.3, 0.4) is 0 Å².